The van der Waals surface area contributed by atoms with E-state index in [4.69, 9.17) is 5.73 Å². The van der Waals surface area contributed by atoms with Gasteiger partial charge in [-0.1, -0.05) is 11.3 Å². The van der Waals surface area contributed by atoms with Crippen LogP contribution in [0.15, 0.2) is 24.4 Å². The van der Waals surface area contributed by atoms with E-state index in [1.54, 1.807) is 24.4 Å². The van der Waals surface area contributed by atoms with E-state index in [0.29, 0.717) is 26.9 Å². The van der Waals surface area contributed by atoms with Crippen LogP contribution in [0.2, 0.25) is 0 Å². The van der Waals surface area contributed by atoms with Crippen LogP contribution in [0.5, 0.6) is 0 Å². The monoisotopic (exact) mass is 274 g/mol. The standard InChI is InChI=1S/C12H10N4O2S/c1-16-10(17)7-3-2-6(4-8(7)11(16)18)15-12-14-5-9(13)19-12/h2-5H,13H2,1H3,(H,14,15). The summed E-state index contributed by atoms with van der Waals surface area (Å²) >= 11 is 1.31. The Kier molecular flexibility index (Phi) is 2.49. The fourth-order valence-corrected chi connectivity index (χ4v) is 2.51. The molecule has 7 heteroatoms. The van der Waals surface area contributed by atoms with Gasteiger partial charge in [-0.2, -0.15) is 0 Å². The average Bonchev–Trinajstić information content (AvgIpc) is 2.89. The van der Waals surface area contributed by atoms with E-state index in [0.717, 1.165) is 4.90 Å². The normalized spacial score (nSPS) is 13.8. The number of anilines is 3. The highest BCUT2D eigenvalue weighted by Crippen LogP contribution is 2.28. The number of imide groups is 1. The van der Waals surface area contributed by atoms with E-state index in [1.807, 2.05) is 0 Å². The van der Waals surface area contributed by atoms with Crippen molar-refractivity contribution in [1.29, 1.82) is 0 Å². The number of amides is 2. The van der Waals surface area contributed by atoms with Crippen LogP contribution in [0.25, 0.3) is 0 Å². The Hall–Kier alpha value is -2.41. The molecular formula is C12H10N4O2S. The van der Waals surface area contributed by atoms with E-state index >= 15 is 0 Å². The Morgan fingerprint density at radius 1 is 1.26 bits per heavy atom. The summed E-state index contributed by atoms with van der Waals surface area (Å²) in [5.74, 6) is -0.563. The number of benzene rings is 1. The second-order valence-corrected chi connectivity index (χ2v) is 5.18. The summed E-state index contributed by atoms with van der Waals surface area (Å²) in [6, 6.07) is 5.02. The van der Waals surface area contributed by atoms with Gasteiger partial charge in [0.2, 0.25) is 0 Å². The summed E-state index contributed by atoms with van der Waals surface area (Å²) in [6.45, 7) is 0. The third-order valence-electron chi connectivity index (χ3n) is 2.86. The molecule has 0 bridgehead atoms. The van der Waals surface area contributed by atoms with Gasteiger partial charge in [-0.25, -0.2) is 4.98 Å². The molecule has 96 valence electrons. The van der Waals surface area contributed by atoms with Crippen molar-refractivity contribution in [2.45, 2.75) is 0 Å². The molecule has 0 unspecified atom stereocenters. The molecule has 0 spiro atoms. The Balaban J connectivity index is 1.95. The summed E-state index contributed by atoms with van der Waals surface area (Å²) in [5.41, 5.74) is 7.12. The van der Waals surface area contributed by atoms with Gasteiger partial charge in [0.15, 0.2) is 5.13 Å². The smallest absolute Gasteiger partial charge is 0.261 e. The highest BCUT2D eigenvalue weighted by molar-refractivity contribution is 7.19. The lowest BCUT2D eigenvalue weighted by molar-refractivity contribution is 0.0693. The Bertz CT molecular complexity index is 695. The molecule has 0 aliphatic carbocycles. The molecule has 0 radical (unpaired) electrons. The molecule has 0 fully saturated rings. The molecule has 2 aromatic rings. The lowest BCUT2D eigenvalue weighted by Crippen LogP contribution is -2.24. The molecule has 3 N–H and O–H groups in total. The number of hydrogen-bond donors (Lipinski definition) is 2. The summed E-state index contributed by atoms with van der Waals surface area (Å²) < 4.78 is 0. The molecule has 19 heavy (non-hydrogen) atoms. The van der Waals surface area contributed by atoms with Crippen LogP contribution in [-0.4, -0.2) is 28.7 Å². The van der Waals surface area contributed by atoms with Gasteiger partial charge >= 0.3 is 0 Å². The number of hydrogen-bond acceptors (Lipinski definition) is 6. The van der Waals surface area contributed by atoms with Crippen molar-refractivity contribution in [3.63, 3.8) is 0 Å². The first-order valence-electron chi connectivity index (χ1n) is 5.51. The second-order valence-electron chi connectivity index (χ2n) is 4.12. The SMILES string of the molecule is CN1C(=O)c2ccc(Nc3ncc(N)s3)cc2C1=O. The van der Waals surface area contributed by atoms with Gasteiger partial charge in [0.05, 0.1) is 17.3 Å². The van der Waals surface area contributed by atoms with Crippen molar-refractivity contribution in [1.82, 2.24) is 9.88 Å². The molecule has 2 amide bonds. The zero-order valence-electron chi connectivity index (χ0n) is 10.0. The molecule has 3 rings (SSSR count). The molecule has 1 aromatic heterocycles. The van der Waals surface area contributed by atoms with Crippen molar-refractivity contribution in [3.05, 3.63) is 35.5 Å². The van der Waals surface area contributed by atoms with Crippen molar-refractivity contribution >= 4 is 39.0 Å². The van der Waals surface area contributed by atoms with Crippen molar-refractivity contribution in [2.75, 3.05) is 18.1 Å². The molecule has 1 aliphatic heterocycles. The van der Waals surface area contributed by atoms with Gasteiger partial charge in [0.1, 0.15) is 5.00 Å². The number of rotatable bonds is 2. The fourth-order valence-electron chi connectivity index (χ4n) is 1.91. The van der Waals surface area contributed by atoms with E-state index in [1.165, 1.54) is 18.4 Å². The zero-order valence-corrected chi connectivity index (χ0v) is 10.8. The molecule has 0 saturated carbocycles. The number of nitrogens with zero attached hydrogens (tertiary/aromatic N) is 2. The lowest BCUT2D eigenvalue weighted by atomic mass is 10.1. The van der Waals surface area contributed by atoms with Crippen LogP contribution in [0, 0.1) is 0 Å². The minimum Gasteiger partial charge on any atom is -0.389 e. The predicted octanol–water partition coefficient (Wildman–Crippen LogP) is 1.69. The van der Waals surface area contributed by atoms with Crippen molar-refractivity contribution in [2.24, 2.45) is 0 Å². The van der Waals surface area contributed by atoms with Crippen molar-refractivity contribution < 1.29 is 9.59 Å². The van der Waals surface area contributed by atoms with Gasteiger partial charge < -0.3 is 11.1 Å². The maximum absolute atomic E-state index is 11.9. The molecule has 2 heterocycles. The molecule has 0 atom stereocenters. The third kappa shape index (κ3) is 1.84. The van der Waals surface area contributed by atoms with Gasteiger partial charge in [0, 0.05) is 12.7 Å². The Morgan fingerprint density at radius 2 is 2.00 bits per heavy atom. The van der Waals surface area contributed by atoms with Crippen LogP contribution in [0.4, 0.5) is 15.8 Å². The second kappa shape index (κ2) is 4.06. The number of carbonyl (C=O) groups excluding carboxylic acids is 2. The van der Waals surface area contributed by atoms with E-state index < -0.39 is 0 Å². The van der Waals surface area contributed by atoms with Gasteiger partial charge in [-0.05, 0) is 18.2 Å². The van der Waals surface area contributed by atoms with E-state index in [9.17, 15) is 9.59 Å². The fraction of sp³-hybridized carbons (Fsp3) is 0.0833. The minimum atomic E-state index is -0.290. The summed E-state index contributed by atoms with van der Waals surface area (Å²) in [6.07, 6.45) is 1.56. The number of thiazole rings is 1. The highest BCUT2D eigenvalue weighted by Gasteiger charge is 2.32. The summed E-state index contributed by atoms with van der Waals surface area (Å²) in [7, 11) is 1.47. The highest BCUT2D eigenvalue weighted by atomic mass is 32.1. The topological polar surface area (TPSA) is 88.3 Å². The first kappa shape index (κ1) is 11.7. The number of carbonyl (C=O) groups is 2. The first-order valence-corrected chi connectivity index (χ1v) is 6.32. The first-order chi connectivity index (χ1) is 9.06. The van der Waals surface area contributed by atoms with Crippen LogP contribution in [-0.2, 0) is 0 Å². The number of aromatic nitrogens is 1. The van der Waals surface area contributed by atoms with Crippen molar-refractivity contribution in [3.8, 4) is 0 Å². The molecule has 6 nitrogen and oxygen atoms in total. The summed E-state index contributed by atoms with van der Waals surface area (Å²) in [4.78, 5) is 28.8. The third-order valence-corrected chi connectivity index (χ3v) is 3.61. The quantitative estimate of drug-likeness (QED) is 0.814. The van der Waals surface area contributed by atoms with Gasteiger partial charge in [-0.15, -0.1) is 0 Å². The number of nitrogen functional groups attached to an aromatic ring is 1. The molecule has 1 aliphatic rings. The number of nitrogens with two attached hydrogens (primary N) is 1. The molecule has 1 aromatic carbocycles. The molecule has 0 saturated heterocycles. The van der Waals surface area contributed by atoms with Crippen LogP contribution in [0.3, 0.4) is 0 Å². The largest absolute Gasteiger partial charge is 0.389 e. The minimum absolute atomic E-state index is 0.273. The number of fused-ring (bicyclic) bond motifs is 1. The zero-order chi connectivity index (χ0) is 13.6. The predicted molar refractivity (Wildman–Crippen MR) is 72.7 cm³/mol. The van der Waals surface area contributed by atoms with Gasteiger partial charge in [-0.3, -0.25) is 14.5 Å². The van der Waals surface area contributed by atoms with Crippen LogP contribution in [0.1, 0.15) is 20.7 Å². The van der Waals surface area contributed by atoms with Crippen LogP contribution < -0.4 is 11.1 Å². The van der Waals surface area contributed by atoms with Gasteiger partial charge in [0.25, 0.3) is 11.8 Å². The Morgan fingerprint density at radius 3 is 2.68 bits per heavy atom. The van der Waals surface area contributed by atoms with Crippen LogP contribution >= 0.6 is 11.3 Å². The lowest BCUT2D eigenvalue weighted by Gasteiger charge is -2.03. The molecular weight excluding hydrogens is 264 g/mol. The number of nitrogens with one attached hydrogen (secondary N) is 1. The van der Waals surface area contributed by atoms with E-state index in [2.05, 4.69) is 10.3 Å². The summed E-state index contributed by atoms with van der Waals surface area (Å²) in [5, 5.41) is 4.30. The van der Waals surface area contributed by atoms with E-state index in [-0.39, 0.29) is 11.8 Å². The maximum atomic E-state index is 11.9. The maximum Gasteiger partial charge on any atom is 0.261 e. The Labute approximate surface area is 112 Å². The average molecular weight is 274 g/mol.